The van der Waals surface area contributed by atoms with E-state index in [0.717, 1.165) is 23.4 Å². The molecular formula is C22H28N8OS. The molecular weight excluding hydrogens is 424 g/mol. The number of nitrogens with one attached hydrogen (secondary N) is 2. The van der Waals surface area contributed by atoms with E-state index in [9.17, 15) is 4.79 Å². The molecule has 0 fully saturated rings. The van der Waals surface area contributed by atoms with Crippen molar-refractivity contribution in [2.75, 3.05) is 17.7 Å². The first-order chi connectivity index (χ1) is 15.3. The van der Waals surface area contributed by atoms with Crippen molar-refractivity contribution in [3.63, 3.8) is 0 Å². The number of rotatable bonds is 8. The number of amides is 1. The summed E-state index contributed by atoms with van der Waals surface area (Å²) in [5, 5.41) is 15.7. The van der Waals surface area contributed by atoms with Crippen LogP contribution in [-0.4, -0.2) is 48.5 Å². The van der Waals surface area contributed by atoms with Gasteiger partial charge in [-0.15, -0.1) is 0 Å². The third kappa shape index (κ3) is 4.96. The summed E-state index contributed by atoms with van der Waals surface area (Å²) in [6.45, 7) is 6.70. The van der Waals surface area contributed by atoms with E-state index in [4.69, 9.17) is 11.1 Å². The van der Waals surface area contributed by atoms with Gasteiger partial charge in [0.25, 0.3) is 5.91 Å². The summed E-state index contributed by atoms with van der Waals surface area (Å²) in [6, 6.07) is 3.77. The van der Waals surface area contributed by atoms with Crippen LogP contribution in [-0.2, 0) is 12.0 Å². The Labute approximate surface area is 191 Å². The molecule has 0 radical (unpaired) electrons. The molecule has 0 aliphatic heterocycles. The number of amidine groups is 1. The van der Waals surface area contributed by atoms with E-state index in [0.29, 0.717) is 11.3 Å². The second-order valence-electron chi connectivity index (χ2n) is 7.93. The van der Waals surface area contributed by atoms with Crippen LogP contribution in [0, 0.1) is 11.3 Å². The lowest BCUT2D eigenvalue weighted by molar-refractivity contribution is 0.0973. The third-order valence-corrected chi connectivity index (χ3v) is 6.25. The topological polar surface area (TPSA) is 135 Å². The van der Waals surface area contributed by atoms with E-state index < -0.39 is 5.41 Å². The van der Waals surface area contributed by atoms with Gasteiger partial charge in [0.05, 0.1) is 22.9 Å². The standard InChI is InChI=1S/C22H28N8OS/c1-14(2)22(3,17-5-6-18(25-12-17)15-9-26-21(24)27-10-15)20(23)29-19(31)16-11-28-30(13-16)7-8-32-4/h5-6,9-14H,7-8H2,1-4H3,(H2,23,29,31)(H2,24,26,27)/t22-/m1/s1. The molecule has 1 amide bonds. The van der Waals surface area contributed by atoms with Crippen molar-refractivity contribution >= 4 is 29.5 Å². The van der Waals surface area contributed by atoms with Gasteiger partial charge in [0.2, 0.25) is 5.95 Å². The van der Waals surface area contributed by atoms with Gasteiger partial charge in [-0.1, -0.05) is 19.9 Å². The van der Waals surface area contributed by atoms with Gasteiger partial charge < -0.3 is 11.1 Å². The van der Waals surface area contributed by atoms with Gasteiger partial charge in [-0.25, -0.2) is 9.97 Å². The molecule has 0 unspecified atom stereocenters. The van der Waals surface area contributed by atoms with E-state index >= 15 is 0 Å². The van der Waals surface area contributed by atoms with Crippen LogP contribution >= 0.6 is 11.8 Å². The molecule has 0 aliphatic carbocycles. The predicted molar refractivity (Wildman–Crippen MR) is 128 cm³/mol. The molecule has 0 saturated heterocycles. The number of anilines is 1. The summed E-state index contributed by atoms with van der Waals surface area (Å²) >= 11 is 1.72. The van der Waals surface area contributed by atoms with E-state index in [1.54, 1.807) is 41.2 Å². The summed E-state index contributed by atoms with van der Waals surface area (Å²) in [6.07, 6.45) is 10.2. The van der Waals surface area contributed by atoms with Gasteiger partial charge in [0.1, 0.15) is 5.84 Å². The lowest BCUT2D eigenvalue weighted by atomic mass is 9.72. The van der Waals surface area contributed by atoms with Gasteiger partial charge in [0.15, 0.2) is 0 Å². The van der Waals surface area contributed by atoms with Gasteiger partial charge in [0, 0.05) is 42.6 Å². The Morgan fingerprint density at radius 2 is 1.94 bits per heavy atom. The molecule has 9 nitrogen and oxygen atoms in total. The monoisotopic (exact) mass is 452 g/mol. The number of nitrogens with zero attached hydrogens (tertiary/aromatic N) is 5. The molecule has 1 atom stereocenters. The van der Waals surface area contributed by atoms with Crippen molar-refractivity contribution in [3.05, 3.63) is 54.2 Å². The zero-order valence-corrected chi connectivity index (χ0v) is 19.5. The fourth-order valence-corrected chi connectivity index (χ4v) is 3.58. The Hall–Kier alpha value is -3.27. The smallest absolute Gasteiger partial charge is 0.259 e. The molecule has 0 spiro atoms. The molecule has 4 N–H and O–H groups in total. The molecule has 3 aromatic rings. The van der Waals surface area contributed by atoms with Crippen molar-refractivity contribution in [2.45, 2.75) is 32.7 Å². The Balaban J connectivity index is 1.79. The molecule has 0 saturated carbocycles. The minimum Gasteiger partial charge on any atom is -0.368 e. The van der Waals surface area contributed by atoms with Crippen LogP contribution in [0.15, 0.2) is 43.1 Å². The van der Waals surface area contributed by atoms with Crippen LogP contribution in [0.25, 0.3) is 11.3 Å². The highest BCUT2D eigenvalue weighted by Crippen LogP contribution is 2.33. The summed E-state index contributed by atoms with van der Waals surface area (Å²) in [4.78, 5) is 25.3. The van der Waals surface area contributed by atoms with E-state index in [1.807, 2.05) is 39.2 Å². The molecule has 0 bridgehead atoms. The fraction of sp³-hybridized carbons (Fsp3) is 0.364. The molecule has 168 valence electrons. The molecule has 3 rings (SSSR count). The van der Waals surface area contributed by atoms with Crippen molar-refractivity contribution in [2.24, 2.45) is 5.92 Å². The van der Waals surface area contributed by atoms with E-state index in [-0.39, 0.29) is 23.6 Å². The maximum absolute atomic E-state index is 12.8. The SMILES string of the molecule is CSCCn1cc(C(=O)NC(=N)[C@@](C)(c2ccc(-c3cnc(N)nc3)nc2)C(C)C)cn1. The number of carbonyl (C=O) groups is 1. The van der Waals surface area contributed by atoms with Gasteiger partial charge in [-0.05, 0) is 30.7 Å². The van der Waals surface area contributed by atoms with Crippen molar-refractivity contribution < 1.29 is 4.79 Å². The highest BCUT2D eigenvalue weighted by molar-refractivity contribution is 7.98. The average Bonchev–Trinajstić information content (AvgIpc) is 3.26. The Bertz CT molecular complexity index is 1080. The Kier molecular flexibility index (Phi) is 7.24. The molecule has 3 heterocycles. The summed E-state index contributed by atoms with van der Waals surface area (Å²) in [5.74, 6) is 0.916. The highest BCUT2D eigenvalue weighted by atomic mass is 32.2. The third-order valence-electron chi connectivity index (χ3n) is 5.66. The first-order valence-corrected chi connectivity index (χ1v) is 11.6. The molecule has 10 heteroatoms. The van der Waals surface area contributed by atoms with E-state index in [2.05, 4.69) is 25.4 Å². The van der Waals surface area contributed by atoms with Crippen LogP contribution in [0.1, 0.15) is 36.7 Å². The van der Waals surface area contributed by atoms with Crippen LogP contribution < -0.4 is 11.1 Å². The van der Waals surface area contributed by atoms with Gasteiger partial charge in [-0.2, -0.15) is 16.9 Å². The van der Waals surface area contributed by atoms with Crippen LogP contribution in [0.5, 0.6) is 0 Å². The average molecular weight is 453 g/mol. The zero-order valence-electron chi connectivity index (χ0n) is 18.7. The predicted octanol–water partition coefficient (Wildman–Crippen LogP) is 3.00. The van der Waals surface area contributed by atoms with Gasteiger partial charge in [-0.3, -0.25) is 19.9 Å². The largest absolute Gasteiger partial charge is 0.368 e. The molecule has 32 heavy (non-hydrogen) atoms. The number of carbonyl (C=O) groups excluding carboxylic acids is 1. The number of pyridine rings is 1. The Morgan fingerprint density at radius 3 is 2.53 bits per heavy atom. The first kappa shape index (κ1) is 23.4. The lowest BCUT2D eigenvalue weighted by Crippen LogP contribution is -2.47. The number of nitrogen functional groups attached to an aromatic ring is 1. The number of aryl methyl sites for hydroxylation is 1. The summed E-state index contributed by atoms with van der Waals surface area (Å²) in [7, 11) is 0. The van der Waals surface area contributed by atoms with Crippen molar-refractivity contribution in [1.29, 1.82) is 5.41 Å². The van der Waals surface area contributed by atoms with Crippen molar-refractivity contribution in [3.8, 4) is 11.3 Å². The highest BCUT2D eigenvalue weighted by Gasteiger charge is 2.37. The zero-order chi connectivity index (χ0) is 23.3. The second-order valence-corrected chi connectivity index (χ2v) is 8.92. The fourth-order valence-electron chi connectivity index (χ4n) is 3.21. The maximum atomic E-state index is 12.8. The minimum absolute atomic E-state index is 0.0344. The number of hydrogen-bond donors (Lipinski definition) is 3. The first-order valence-electron chi connectivity index (χ1n) is 10.2. The van der Waals surface area contributed by atoms with Gasteiger partial charge >= 0.3 is 0 Å². The van der Waals surface area contributed by atoms with Crippen LogP contribution in [0.4, 0.5) is 5.95 Å². The van der Waals surface area contributed by atoms with Crippen LogP contribution in [0.2, 0.25) is 0 Å². The summed E-state index contributed by atoms with van der Waals surface area (Å²) < 4.78 is 1.74. The molecule has 0 aromatic carbocycles. The minimum atomic E-state index is -0.742. The Morgan fingerprint density at radius 1 is 1.22 bits per heavy atom. The normalized spacial score (nSPS) is 13.0. The number of nitrogens with two attached hydrogens (primary N) is 1. The van der Waals surface area contributed by atoms with E-state index in [1.165, 1.54) is 6.20 Å². The van der Waals surface area contributed by atoms with Crippen LogP contribution in [0.3, 0.4) is 0 Å². The molecule has 0 aliphatic rings. The second kappa shape index (κ2) is 9.90. The maximum Gasteiger partial charge on any atom is 0.259 e. The number of aromatic nitrogens is 5. The number of thioether (sulfide) groups is 1. The number of hydrogen-bond acceptors (Lipinski definition) is 8. The van der Waals surface area contributed by atoms with Crippen molar-refractivity contribution in [1.82, 2.24) is 30.0 Å². The summed E-state index contributed by atoms with van der Waals surface area (Å²) in [5.41, 5.74) is 7.52. The molecule has 3 aromatic heterocycles. The lowest BCUT2D eigenvalue weighted by Gasteiger charge is -2.34. The quantitative estimate of drug-likeness (QED) is 0.353.